The summed E-state index contributed by atoms with van der Waals surface area (Å²) in [4.78, 5) is 0. The van der Waals surface area contributed by atoms with Crippen molar-refractivity contribution in [2.24, 2.45) is 0 Å². The van der Waals surface area contributed by atoms with Gasteiger partial charge in [0.1, 0.15) is 0 Å². The van der Waals surface area contributed by atoms with E-state index in [-0.39, 0.29) is 49.6 Å². The normalized spacial score (nSPS) is 0. The van der Waals surface area contributed by atoms with Crippen LogP contribution < -0.4 is 18.9 Å². The molecule has 0 aromatic rings. The minimum Gasteiger partial charge on any atom is -0.870 e. The molecule has 0 amide bonds. The van der Waals surface area contributed by atoms with E-state index in [0.29, 0.717) is 0 Å². The molecule has 2 nitrogen and oxygen atoms in total. The second kappa shape index (κ2) is 31.0. The third-order valence-electron chi connectivity index (χ3n) is 0. The Balaban J connectivity index is 0. The zero-order chi connectivity index (χ0) is 0. The van der Waals surface area contributed by atoms with Gasteiger partial charge in [0.15, 0.2) is 0 Å². The molecule has 0 spiro atoms. The number of hydrogen-bond donors (Lipinski definition) is 0. The summed E-state index contributed by atoms with van der Waals surface area (Å²) in [6.45, 7) is 0. The Morgan fingerprint density at radius 2 is 1.00 bits per heavy atom. The molecule has 0 aliphatic carbocycles. The van der Waals surface area contributed by atoms with E-state index in [2.05, 4.69) is 0 Å². The smallest absolute Gasteiger partial charge is 0.870 e. The first kappa shape index (κ1) is 66.8. The molecular formula is H3GaLiO2. The van der Waals surface area contributed by atoms with Crippen LogP contribution in [0.4, 0.5) is 0 Å². The Hall–Kier alpha value is 1.15. The van der Waals surface area contributed by atoms with E-state index < -0.39 is 0 Å². The van der Waals surface area contributed by atoms with Gasteiger partial charge in [-0.15, -0.1) is 0 Å². The zero-order valence-electron chi connectivity index (χ0n) is 2.52. The number of rotatable bonds is 0. The predicted molar refractivity (Wildman–Crippen MR) is 11.3 cm³/mol. The molecule has 0 aliphatic heterocycles. The van der Waals surface area contributed by atoms with Crippen molar-refractivity contribution in [1.82, 2.24) is 0 Å². The van der Waals surface area contributed by atoms with Crippen LogP contribution in [0.15, 0.2) is 0 Å². The summed E-state index contributed by atoms with van der Waals surface area (Å²) in [5.41, 5.74) is 0. The minimum absolute atomic E-state index is 0. The van der Waals surface area contributed by atoms with Gasteiger partial charge in [-0.2, -0.15) is 0 Å². The van der Waals surface area contributed by atoms with Crippen LogP contribution in [-0.4, -0.2) is 30.7 Å². The van der Waals surface area contributed by atoms with Crippen LogP contribution in [0.2, 0.25) is 0 Å². The van der Waals surface area contributed by atoms with E-state index in [1.54, 1.807) is 0 Å². The van der Waals surface area contributed by atoms with Crippen molar-refractivity contribution < 1.29 is 29.8 Å². The second-order valence-electron chi connectivity index (χ2n) is 0. The van der Waals surface area contributed by atoms with Gasteiger partial charge in [-0.3, -0.25) is 0 Å². The summed E-state index contributed by atoms with van der Waals surface area (Å²) in [5.74, 6) is 0. The molecule has 0 saturated heterocycles. The fourth-order valence-electron chi connectivity index (χ4n) is 0. The first-order chi connectivity index (χ1) is 0. The van der Waals surface area contributed by atoms with Crippen molar-refractivity contribution in [3.8, 4) is 0 Å². The van der Waals surface area contributed by atoms with Crippen LogP contribution in [-0.2, 0) is 0 Å². The van der Waals surface area contributed by atoms with Crippen molar-refractivity contribution in [2.45, 2.75) is 0 Å². The summed E-state index contributed by atoms with van der Waals surface area (Å²) in [5, 5.41) is 0. The van der Waals surface area contributed by atoms with E-state index in [4.69, 9.17) is 0 Å². The van der Waals surface area contributed by atoms with Crippen LogP contribution in [0.25, 0.3) is 0 Å². The summed E-state index contributed by atoms with van der Waals surface area (Å²) < 4.78 is 0. The Kier molecular flexibility index (Phi) is 518. The van der Waals surface area contributed by atoms with Gasteiger partial charge in [0.05, 0.1) is 0 Å². The first-order valence-corrected chi connectivity index (χ1v) is 0. The fraction of sp³-hybridized carbons (Fsp3) is 0. The van der Waals surface area contributed by atoms with Crippen LogP contribution >= 0.6 is 0 Å². The summed E-state index contributed by atoms with van der Waals surface area (Å²) >= 11 is 0. The minimum atomic E-state index is 0. The SMILES string of the molecule is O.[Ga].[Li+].[OH-]. The summed E-state index contributed by atoms with van der Waals surface area (Å²) in [7, 11) is 0. The monoisotopic (exact) mass is 111 g/mol. The largest absolute Gasteiger partial charge is 1.00 e. The molecule has 4 heteroatoms. The Morgan fingerprint density at radius 1 is 1.00 bits per heavy atom. The fourth-order valence-corrected chi connectivity index (χ4v) is 0. The van der Waals surface area contributed by atoms with Crippen LogP contribution in [0.5, 0.6) is 0 Å². The average Bonchev–Trinajstić information content (AvgIpc) is 0. The maximum atomic E-state index is 0. The maximum Gasteiger partial charge on any atom is 1.00 e. The second-order valence-corrected chi connectivity index (χ2v) is 0. The molecule has 0 saturated carbocycles. The molecule has 0 rings (SSSR count). The molecule has 0 atom stereocenters. The van der Waals surface area contributed by atoms with Crippen LogP contribution in [0, 0.1) is 0 Å². The molecule has 0 unspecified atom stereocenters. The van der Waals surface area contributed by atoms with E-state index in [1.165, 1.54) is 0 Å². The van der Waals surface area contributed by atoms with Gasteiger partial charge in [0.2, 0.25) is 0 Å². The van der Waals surface area contributed by atoms with Crippen molar-refractivity contribution in [1.29, 1.82) is 0 Å². The van der Waals surface area contributed by atoms with Gasteiger partial charge in [0, 0.05) is 19.8 Å². The van der Waals surface area contributed by atoms with E-state index in [0.717, 1.165) is 0 Å². The molecule has 3 N–H and O–H groups in total. The standard InChI is InChI=1S/Ga.Li.2H2O/h;;2*1H2/q;+1;;/p-1. The number of hydrogen-bond acceptors (Lipinski definition) is 1. The summed E-state index contributed by atoms with van der Waals surface area (Å²) in [6.07, 6.45) is 0. The maximum absolute atomic E-state index is 0. The molecule has 4 heavy (non-hydrogen) atoms. The van der Waals surface area contributed by atoms with E-state index >= 15 is 0 Å². The molecule has 0 aromatic carbocycles. The van der Waals surface area contributed by atoms with Crippen molar-refractivity contribution in [3.05, 3.63) is 0 Å². The first-order valence-electron chi connectivity index (χ1n) is 0. The molecule has 0 heterocycles. The Bertz CT molecular complexity index is 6.00. The molecule has 3 radical (unpaired) electrons. The van der Waals surface area contributed by atoms with E-state index in [9.17, 15) is 0 Å². The Labute approximate surface area is 49.8 Å². The molecule has 0 aromatic heterocycles. The van der Waals surface area contributed by atoms with Gasteiger partial charge in [-0.1, -0.05) is 0 Å². The van der Waals surface area contributed by atoms with Crippen molar-refractivity contribution in [3.63, 3.8) is 0 Å². The van der Waals surface area contributed by atoms with Gasteiger partial charge in [0.25, 0.3) is 0 Å². The van der Waals surface area contributed by atoms with Gasteiger partial charge < -0.3 is 11.0 Å². The topological polar surface area (TPSA) is 61.5 Å². The zero-order valence-corrected chi connectivity index (χ0v) is 4.95. The van der Waals surface area contributed by atoms with Gasteiger partial charge in [-0.05, 0) is 0 Å². The van der Waals surface area contributed by atoms with Gasteiger partial charge >= 0.3 is 18.9 Å². The molecule has 0 aliphatic rings. The van der Waals surface area contributed by atoms with Gasteiger partial charge in [-0.25, -0.2) is 0 Å². The van der Waals surface area contributed by atoms with Crippen molar-refractivity contribution >= 4 is 19.8 Å². The van der Waals surface area contributed by atoms with Crippen molar-refractivity contribution in [2.75, 3.05) is 0 Å². The molecule has 0 bridgehead atoms. The van der Waals surface area contributed by atoms with Crippen LogP contribution in [0.1, 0.15) is 0 Å². The Morgan fingerprint density at radius 3 is 1.00 bits per heavy atom. The average molecular weight is 112 g/mol. The van der Waals surface area contributed by atoms with Crippen LogP contribution in [0.3, 0.4) is 0 Å². The van der Waals surface area contributed by atoms with E-state index in [1.807, 2.05) is 0 Å². The third-order valence-corrected chi connectivity index (χ3v) is 0. The predicted octanol–water partition coefficient (Wildman–Crippen LogP) is -4.38. The molecule has 0 fully saturated rings. The molecule has 19 valence electrons. The quantitative estimate of drug-likeness (QED) is 0.292. The third kappa shape index (κ3) is 11.0. The summed E-state index contributed by atoms with van der Waals surface area (Å²) in [6, 6.07) is 0. The molecular weight excluding hydrogens is 109 g/mol.